The molecule has 4 rings (SSSR count). The summed E-state index contributed by atoms with van der Waals surface area (Å²) in [6.07, 6.45) is 5.22. The lowest BCUT2D eigenvalue weighted by Crippen LogP contribution is -2.35. The first-order chi connectivity index (χ1) is 12.2. The van der Waals surface area contributed by atoms with Crippen LogP contribution < -0.4 is 4.74 Å². The summed E-state index contributed by atoms with van der Waals surface area (Å²) in [4.78, 5) is 15.1. The molecule has 2 fully saturated rings. The van der Waals surface area contributed by atoms with Gasteiger partial charge in [0.25, 0.3) is 0 Å². The van der Waals surface area contributed by atoms with Crippen LogP contribution in [-0.4, -0.2) is 35.9 Å². The number of ketones is 1. The van der Waals surface area contributed by atoms with Crippen LogP contribution in [0.2, 0.25) is 0 Å². The van der Waals surface area contributed by atoms with Gasteiger partial charge in [0.2, 0.25) is 0 Å². The van der Waals surface area contributed by atoms with Crippen molar-refractivity contribution in [3.63, 3.8) is 0 Å². The van der Waals surface area contributed by atoms with Gasteiger partial charge in [-0.05, 0) is 80.8 Å². The Kier molecular flexibility index (Phi) is 4.91. The van der Waals surface area contributed by atoms with E-state index in [-0.39, 0.29) is 5.78 Å². The maximum absolute atomic E-state index is 12.5. The van der Waals surface area contributed by atoms with E-state index in [1.807, 2.05) is 48.5 Å². The Morgan fingerprint density at radius 1 is 1.00 bits per heavy atom. The maximum atomic E-state index is 12.5. The number of hydrogen-bond acceptors (Lipinski definition) is 3. The average Bonchev–Trinajstić information content (AvgIpc) is 3.38. The molecule has 1 saturated carbocycles. The molecule has 1 saturated heterocycles. The number of likely N-dealkylation sites (tertiary alicyclic amines) is 1. The standard InChI is InChI=1S/C21H22BrNO2/c22-17-7-3-15(4-8-17)21(24)16-5-11-20(12-6-16)25-14-19-2-1-13-23(19)18-9-10-18/h3-8,11-12,18-19H,1-2,9-10,13-14H2. The predicted molar refractivity (Wildman–Crippen MR) is 102 cm³/mol. The quantitative estimate of drug-likeness (QED) is 0.660. The zero-order valence-electron chi connectivity index (χ0n) is 14.2. The van der Waals surface area contributed by atoms with E-state index in [1.165, 1.54) is 32.2 Å². The van der Waals surface area contributed by atoms with E-state index in [4.69, 9.17) is 4.74 Å². The van der Waals surface area contributed by atoms with Crippen molar-refractivity contribution >= 4 is 21.7 Å². The lowest BCUT2D eigenvalue weighted by molar-refractivity contribution is 0.103. The third-order valence-electron chi connectivity index (χ3n) is 5.10. The first kappa shape index (κ1) is 16.8. The highest BCUT2D eigenvalue weighted by atomic mass is 79.9. The van der Waals surface area contributed by atoms with Gasteiger partial charge in [-0.15, -0.1) is 0 Å². The fourth-order valence-electron chi connectivity index (χ4n) is 3.59. The predicted octanol–water partition coefficient (Wildman–Crippen LogP) is 4.69. The van der Waals surface area contributed by atoms with Gasteiger partial charge in [0.1, 0.15) is 12.4 Å². The Bertz CT molecular complexity index is 737. The summed E-state index contributed by atoms with van der Waals surface area (Å²) >= 11 is 3.39. The minimum atomic E-state index is 0.0368. The van der Waals surface area contributed by atoms with E-state index in [9.17, 15) is 4.79 Å². The average molecular weight is 400 g/mol. The van der Waals surface area contributed by atoms with Crippen molar-refractivity contribution in [3.05, 3.63) is 64.1 Å². The van der Waals surface area contributed by atoms with E-state index >= 15 is 0 Å². The van der Waals surface area contributed by atoms with Crippen LogP contribution in [0.1, 0.15) is 41.6 Å². The summed E-state index contributed by atoms with van der Waals surface area (Å²) in [5.74, 6) is 0.879. The number of hydrogen-bond donors (Lipinski definition) is 0. The first-order valence-electron chi connectivity index (χ1n) is 8.99. The Hall–Kier alpha value is -1.65. The molecule has 1 atom stereocenters. The Morgan fingerprint density at radius 2 is 1.64 bits per heavy atom. The molecule has 2 aromatic carbocycles. The van der Waals surface area contributed by atoms with Crippen molar-refractivity contribution in [1.29, 1.82) is 0 Å². The molecular formula is C21H22BrNO2. The zero-order valence-corrected chi connectivity index (χ0v) is 15.7. The number of ether oxygens (including phenoxy) is 1. The number of carbonyl (C=O) groups excluding carboxylic acids is 1. The summed E-state index contributed by atoms with van der Waals surface area (Å²) in [6, 6.07) is 16.3. The van der Waals surface area contributed by atoms with Gasteiger partial charge in [0.15, 0.2) is 5.78 Å². The van der Waals surface area contributed by atoms with Gasteiger partial charge in [-0.2, -0.15) is 0 Å². The lowest BCUT2D eigenvalue weighted by Gasteiger charge is -2.24. The Morgan fingerprint density at radius 3 is 2.28 bits per heavy atom. The van der Waals surface area contributed by atoms with Gasteiger partial charge < -0.3 is 4.74 Å². The van der Waals surface area contributed by atoms with Gasteiger partial charge >= 0.3 is 0 Å². The second-order valence-electron chi connectivity index (χ2n) is 6.94. The number of benzene rings is 2. The van der Waals surface area contributed by atoms with E-state index in [2.05, 4.69) is 20.8 Å². The number of nitrogens with zero attached hydrogens (tertiary/aromatic N) is 1. The molecule has 1 aliphatic carbocycles. The van der Waals surface area contributed by atoms with E-state index in [0.717, 1.165) is 22.9 Å². The van der Waals surface area contributed by atoms with Crippen molar-refractivity contribution in [2.45, 2.75) is 37.8 Å². The molecule has 3 nitrogen and oxygen atoms in total. The summed E-state index contributed by atoms with van der Waals surface area (Å²) in [7, 11) is 0. The van der Waals surface area contributed by atoms with Gasteiger partial charge in [0, 0.05) is 27.7 Å². The molecular weight excluding hydrogens is 378 g/mol. The van der Waals surface area contributed by atoms with Gasteiger partial charge in [-0.1, -0.05) is 15.9 Å². The molecule has 1 heterocycles. The van der Waals surface area contributed by atoms with Crippen molar-refractivity contribution < 1.29 is 9.53 Å². The summed E-state index contributed by atoms with van der Waals surface area (Å²) in [5.41, 5.74) is 1.39. The van der Waals surface area contributed by atoms with Crippen LogP contribution in [0, 0.1) is 0 Å². The van der Waals surface area contributed by atoms with Gasteiger partial charge in [0.05, 0.1) is 0 Å². The zero-order chi connectivity index (χ0) is 17.2. The van der Waals surface area contributed by atoms with E-state index in [1.54, 1.807) is 0 Å². The Balaban J connectivity index is 1.36. The molecule has 0 aromatic heterocycles. The topological polar surface area (TPSA) is 29.5 Å². The van der Waals surface area contributed by atoms with Crippen LogP contribution >= 0.6 is 15.9 Å². The lowest BCUT2D eigenvalue weighted by atomic mass is 10.0. The Labute approximate surface area is 157 Å². The van der Waals surface area contributed by atoms with Crippen LogP contribution in [0.4, 0.5) is 0 Å². The minimum absolute atomic E-state index is 0.0368. The normalized spacial score (nSPS) is 20.6. The SMILES string of the molecule is O=C(c1ccc(Br)cc1)c1ccc(OCC2CCCN2C2CC2)cc1. The minimum Gasteiger partial charge on any atom is -0.492 e. The van der Waals surface area contributed by atoms with Crippen LogP contribution in [0.25, 0.3) is 0 Å². The molecule has 1 aliphatic heterocycles. The molecule has 0 bridgehead atoms. The number of halogens is 1. The van der Waals surface area contributed by atoms with Gasteiger partial charge in [-0.3, -0.25) is 9.69 Å². The molecule has 2 aromatic rings. The molecule has 0 amide bonds. The highest BCUT2D eigenvalue weighted by molar-refractivity contribution is 9.10. The van der Waals surface area contributed by atoms with Crippen LogP contribution in [0.5, 0.6) is 5.75 Å². The molecule has 0 spiro atoms. The smallest absolute Gasteiger partial charge is 0.193 e. The third-order valence-corrected chi connectivity index (χ3v) is 5.63. The molecule has 25 heavy (non-hydrogen) atoms. The van der Waals surface area contributed by atoms with E-state index in [0.29, 0.717) is 17.2 Å². The number of rotatable bonds is 6. The highest BCUT2D eigenvalue weighted by Gasteiger charge is 2.36. The fraction of sp³-hybridized carbons (Fsp3) is 0.381. The second kappa shape index (κ2) is 7.30. The third kappa shape index (κ3) is 3.96. The van der Waals surface area contributed by atoms with Crippen molar-refractivity contribution in [1.82, 2.24) is 4.90 Å². The van der Waals surface area contributed by atoms with Crippen molar-refractivity contribution in [2.24, 2.45) is 0 Å². The molecule has 0 N–H and O–H groups in total. The molecule has 130 valence electrons. The summed E-state index contributed by atoms with van der Waals surface area (Å²) < 4.78 is 6.97. The molecule has 0 radical (unpaired) electrons. The first-order valence-corrected chi connectivity index (χ1v) is 9.79. The molecule has 4 heteroatoms. The number of carbonyl (C=O) groups is 1. The monoisotopic (exact) mass is 399 g/mol. The van der Waals surface area contributed by atoms with Crippen molar-refractivity contribution in [2.75, 3.05) is 13.2 Å². The summed E-state index contributed by atoms with van der Waals surface area (Å²) in [6.45, 7) is 1.97. The maximum Gasteiger partial charge on any atom is 0.193 e. The fourth-order valence-corrected chi connectivity index (χ4v) is 3.85. The van der Waals surface area contributed by atoms with Gasteiger partial charge in [-0.25, -0.2) is 0 Å². The molecule has 1 unspecified atom stereocenters. The van der Waals surface area contributed by atoms with Crippen LogP contribution in [0.3, 0.4) is 0 Å². The van der Waals surface area contributed by atoms with Crippen LogP contribution in [-0.2, 0) is 0 Å². The summed E-state index contributed by atoms with van der Waals surface area (Å²) in [5, 5.41) is 0. The van der Waals surface area contributed by atoms with Crippen molar-refractivity contribution in [3.8, 4) is 5.75 Å². The van der Waals surface area contributed by atoms with E-state index < -0.39 is 0 Å². The second-order valence-corrected chi connectivity index (χ2v) is 7.85. The largest absolute Gasteiger partial charge is 0.492 e. The van der Waals surface area contributed by atoms with Crippen LogP contribution in [0.15, 0.2) is 53.0 Å². The molecule has 2 aliphatic rings. The highest BCUT2D eigenvalue weighted by Crippen LogP contribution is 2.33.